The molecule has 1 aromatic carbocycles. The molecule has 5 heterocycles. The highest BCUT2D eigenvalue weighted by atomic mass is 16.5. The smallest absolute Gasteiger partial charge is 0.128 e. The topological polar surface area (TPSA) is 97.8 Å². The Morgan fingerprint density at radius 1 is 1.08 bits per heavy atom. The van der Waals surface area contributed by atoms with Crippen molar-refractivity contribution in [3.8, 4) is 6.07 Å². The van der Waals surface area contributed by atoms with Crippen LogP contribution in [0.1, 0.15) is 20.8 Å². The molecule has 9 nitrogen and oxygen atoms in total. The third kappa shape index (κ3) is 4.99. The number of anilines is 3. The van der Waals surface area contributed by atoms with Crippen LogP contribution in [0.2, 0.25) is 0 Å². The van der Waals surface area contributed by atoms with Crippen molar-refractivity contribution in [1.29, 1.82) is 5.26 Å². The van der Waals surface area contributed by atoms with Gasteiger partial charge in [-0.05, 0) is 50.2 Å². The molecule has 0 aliphatic carbocycles. The summed E-state index contributed by atoms with van der Waals surface area (Å²) in [5, 5.41) is 10.5. The molecule has 3 aliphatic heterocycles. The van der Waals surface area contributed by atoms with Gasteiger partial charge in [0.15, 0.2) is 0 Å². The number of ether oxygens (including phenoxy) is 1. The fourth-order valence-corrected chi connectivity index (χ4v) is 6.03. The van der Waals surface area contributed by atoms with Crippen LogP contribution >= 0.6 is 0 Å². The lowest BCUT2D eigenvalue weighted by atomic mass is 9.94. The van der Waals surface area contributed by atoms with Gasteiger partial charge in [0.1, 0.15) is 11.9 Å². The third-order valence-corrected chi connectivity index (χ3v) is 7.84. The Bertz CT molecular complexity index is 1370. The summed E-state index contributed by atoms with van der Waals surface area (Å²) in [6, 6.07) is 13.9. The lowest BCUT2D eigenvalue weighted by molar-refractivity contribution is -0.0327. The molecule has 6 rings (SSSR count). The first kappa shape index (κ1) is 23.7. The van der Waals surface area contributed by atoms with E-state index in [2.05, 4.69) is 56.6 Å². The molecule has 3 aromatic rings. The van der Waals surface area contributed by atoms with Gasteiger partial charge in [0, 0.05) is 81.7 Å². The van der Waals surface area contributed by atoms with Gasteiger partial charge in [0.25, 0.3) is 0 Å². The molecule has 0 amide bonds. The number of fused-ring (bicyclic) bond motifs is 1. The van der Waals surface area contributed by atoms with Gasteiger partial charge in [-0.2, -0.15) is 5.26 Å². The summed E-state index contributed by atoms with van der Waals surface area (Å²) in [4.78, 5) is 18.5. The minimum absolute atomic E-state index is 0.0834. The quantitative estimate of drug-likeness (QED) is 0.552. The lowest BCUT2D eigenvalue weighted by Gasteiger charge is -2.46. The standard InChI is InChI=1S/C29H36N8O/c1-21-16-36(26-7-5-22(14-30)28-25(26)4-3-9-32-28)18-24(38-21)17-34-10-12-35(13-11-34)23-6-8-27(33-15-23)37-19-29(2,31)20-37/h3-9,15,21,24H,10-13,16-20,31H2,1-2H3/t21-,24+/m1/s1/i9D. The van der Waals surface area contributed by atoms with E-state index in [4.69, 9.17) is 16.8 Å². The number of piperazine rings is 1. The second-order valence-electron chi connectivity index (χ2n) is 11.2. The summed E-state index contributed by atoms with van der Waals surface area (Å²) in [7, 11) is 0. The second kappa shape index (κ2) is 10.0. The minimum Gasteiger partial charge on any atom is -0.370 e. The van der Waals surface area contributed by atoms with Crippen molar-refractivity contribution in [2.45, 2.75) is 31.6 Å². The molecular weight excluding hydrogens is 476 g/mol. The molecule has 3 aliphatic rings. The molecule has 3 fully saturated rings. The van der Waals surface area contributed by atoms with Gasteiger partial charge in [-0.3, -0.25) is 9.88 Å². The van der Waals surface area contributed by atoms with Crippen LogP contribution in [0.3, 0.4) is 0 Å². The molecular formula is C29H36N8O. The van der Waals surface area contributed by atoms with Gasteiger partial charge in [-0.25, -0.2) is 4.98 Å². The average molecular weight is 514 g/mol. The molecule has 0 bridgehead atoms. The van der Waals surface area contributed by atoms with Crippen LogP contribution in [0.15, 0.2) is 48.8 Å². The summed E-state index contributed by atoms with van der Waals surface area (Å²) in [5.74, 6) is 0.999. The zero-order valence-corrected chi connectivity index (χ0v) is 22.2. The number of nitrogens with two attached hydrogens (primary N) is 1. The molecule has 0 unspecified atom stereocenters. The summed E-state index contributed by atoms with van der Waals surface area (Å²) >= 11 is 0. The lowest BCUT2D eigenvalue weighted by Crippen LogP contribution is -2.65. The first-order valence-electron chi connectivity index (χ1n) is 14.0. The Morgan fingerprint density at radius 3 is 2.61 bits per heavy atom. The van der Waals surface area contributed by atoms with Crippen LogP contribution in [0, 0.1) is 11.3 Å². The van der Waals surface area contributed by atoms with E-state index in [0.717, 1.165) is 75.8 Å². The zero-order valence-electron chi connectivity index (χ0n) is 23.2. The Hall–Kier alpha value is -3.45. The van der Waals surface area contributed by atoms with Crippen LogP contribution in [0.4, 0.5) is 17.2 Å². The zero-order chi connectivity index (χ0) is 27.1. The van der Waals surface area contributed by atoms with Gasteiger partial charge < -0.3 is 25.2 Å². The van der Waals surface area contributed by atoms with Crippen LogP contribution in [-0.2, 0) is 4.74 Å². The summed E-state index contributed by atoms with van der Waals surface area (Å²) < 4.78 is 14.3. The first-order chi connectivity index (χ1) is 18.8. The van der Waals surface area contributed by atoms with E-state index in [1.165, 1.54) is 5.69 Å². The monoisotopic (exact) mass is 513 g/mol. The molecule has 3 saturated heterocycles. The fraction of sp³-hybridized carbons (Fsp3) is 0.483. The molecule has 2 N–H and O–H groups in total. The van der Waals surface area contributed by atoms with E-state index in [1.807, 2.05) is 24.4 Å². The highest BCUT2D eigenvalue weighted by Crippen LogP contribution is 2.31. The van der Waals surface area contributed by atoms with Gasteiger partial charge in [-0.1, -0.05) is 0 Å². The molecule has 2 aromatic heterocycles. The van der Waals surface area contributed by atoms with E-state index >= 15 is 0 Å². The maximum atomic E-state index is 9.55. The molecule has 0 spiro atoms. The highest BCUT2D eigenvalue weighted by molar-refractivity contribution is 5.95. The van der Waals surface area contributed by atoms with Crippen molar-refractivity contribution in [1.82, 2.24) is 14.9 Å². The number of hydrogen-bond donors (Lipinski definition) is 1. The second-order valence-corrected chi connectivity index (χ2v) is 11.2. The maximum absolute atomic E-state index is 9.55. The predicted octanol–water partition coefficient (Wildman–Crippen LogP) is 2.45. The minimum atomic E-state index is -0.104. The average Bonchev–Trinajstić information content (AvgIpc) is 2.91. The number of nitrogens with zero attached hydrogens (tertiary/aromatic N) is 7. The Kier molecular flexibility index (Phi) is 6.24. The molecule has 198 valence electrons. The van der Waals surface area contributed by atoms with Crippen LogP contribution in [-0.4, -0.2) is 91.5 Å². The van der Waals surface area contributed by atoms with E-state index in [0.29, 0.717) is 11.1 Å². The first-order valence-corrected chi connectivity index (χ1v) is 13.5. The van der Waals surface area contributed by atoms with E-state index < -0.39 is 0 Å². The van der Waals surface area contributed by atoms with Crippen LogP contribution < -0.4 is 20.4 Å². The number of pyridine rings is 2. The van der Waals surface area contributed by atoms with E-state index in [9.17, 15) is 5.26 Å². The van der Waals surface area contributed by atoms with E-state index in [1.54, 1.807) is 6.07 Å². The van der Waals surface area contributed by atoms with Crippen molar-refractivity contribution in [2.24, 2.45) is 5.73 Å². The van der Waals surface area contributed by atoms with Crippen molar-refractivity contribution in [2.75, 3.05) is 73.6 Å². The normalized spacial score (nSPS) is 24.2. The Balaban J connectivity index is 1.07. The van der Waals surface area contributed by atoms with E-state index in [-0.39, 0.29) is 23.9 Å². The van der Waals surface area contributed by atoms with Gasteiger partial charge >= 0.3 is 0 Å². The summed E-state index contributed by atoms with van der Waals surface area (Å²) in [6.07, 6.45) is 2.33. The number of aromatic nitrogens is 2. The molecule has 0 saturated carbocycles. The maximum Gasteiger partial charge on any atom is 0.128 e. The Morgan fingerprint density at radius 2 is 1.89 bits per heavy atom. The molecule has 38 heavy (non-hydrogen) atoms. The number of benzene rings is 1. The fourth-order valence-electron chi connectivity index (χ4n) is 6.03. The molecule has 2 atom stereocenters. The largest absolute Gasteiger partial charge is 0.370 e. The van der Waals surface area contributed by atoms with Crippen molar-refractivity contribution in [3.05, 3.63) is 54.3 Å². The van der Waals surface area contributed by atoms with Gasteiger partial charge in [0.05, 0.1) is 36.5 Å². The summed E-state index contributed by atoms with van der Waals surface area (Å²) in [5.41, 5.74) is 9.35. The number of morpholine rings is 1. The van der Waals surface area contributed by atoms with Crippen molar-refractivity contribution < 1.29 is 6.11 Å². The third-order valence-electron chi connectivity index (χ3n) is 7.84. The highest BCUT2D eigenvalue weighted by Gasteiger charge is 2.35. The van der Waals surface area contributed by atoms with Crippen LogP contribution in [0.5, 0.6) is 0 Å². The van der Waals surface area contributed by atoms with Gasteiger partial charge in [0.2, 0.25) is 0 Å². The van der Waals surface area contributed by atoms with Crippen molar-refractivity contribution in [3.63, 3.8) is 0 Å². The Labute approximate surface area is 225 Å². The summed E-state index contributed by atoms with van der Waals surface area (Å²) in [6.45, 7) is 12.2. The predicted molar refractivity (Wildman–Crippen MR) is 151 cm³/mol. The molecule has 0 radical (unpaired) electrons. The number of hydrogen-bond acceptors (Lipinski definition) is 9. The van der Waals surface area contributed by atoms with Gasteiger partial charge in [-0.15, -0.1) is 0 Å². The molecule has 9 heteroatoms. The number of nitriles is 1. The number of rotatable bonds is 5. The SMILES string of the molecule is [2H]c1ccc2c(N3C[C@H](CN4CCN(c5ccc(N6CC(C)(N)C6)nc5)CC4)O[C@H](C)C3)ccc(C#N)c2n1. The van der Waals surface area contributed by atoms with Crippen LogP contribution in [0.25, 0.3) is 10.9 Å². The van der Waals surface area contributed by atoms with Crippen molar-refractivity contribution >= 4 is 28.1 Å².